The van der Waals surface area contributed by atoms with E-state index in [1.54, 1.807) is 49.5 Å². The third-order valence-corrected chi connectivity index (χ3v) is 5.33. The van der Waals surface area contributed by atoms with Crippen molar-refractivity contribution in [1.29, 1.82) is 0 Å². The SMILES string of the molecule is COc1ccc(OC)c(NC(=O)N2CCN(c3cc(-c4ccc(F)cc4)ncn3)CC2)c1. The topological polar surface area (TPSA) is 79.8 Å². The Kier molecular flexibility index (Phi) is 6.34. The maximum Gasteiger partial charge on any atom is 0.322 e. The Hall–Kier alpha value is -3.88. The highest BCUT2D eigenvalue weighted by atomic mass is 19.1. The molecule has 0 radical (unpaired) electrons. The Balaban J connectivity index is 1.40. The molecule has 166 valence electrons. The molecular formula is C23H24FN5O3. The zero-order chi connectivity index (χ0) is 22.5. The van der Waals surface area contributed by atoms with Gasteiger partial charge in [-0.2, -0.15) is 0 Å². The van der Waals surface area contributed by atoms with Gasteiger partial charge in [-0.1, -0.05) is 0 Å². The van der Waals surface area contributed by atoms with Crippen LogP contribution in [-0.2, 0) is 0 Å². The third-order valence-electron chi connectivity index (χ3n) is 5.33. The maximum absolute atomic E-state index is 13.2. The van der Waals surface area contributed by atoms with E-state index in [4.69, 9.17) is 9.47 Å². The predicted molar refractivity (Wildman–Crippen MR) is 120 cm³/mol. The number of urea groups is 1. The standard InChI is InChI=1S/C23H24FN5O3/c1-31-18-7-8-21(32-2)20(13-18)27-23(30)29-11-9-28(10-12-29)22-14-19(25-15-26-22)16-3-5-17(24)6-4-16/h3-8,13-15H,9-12H2,1-2H3,(H,27,30). The number of nitrogens with zero attached hydrogens (tertiary/aromatic N) is 4. The molecule has 0 bridgehead atoms. The number of methoxy groups -OCH3 is 2. The van der Waals surface area contributed by atoms with E-state index < -0.39 is 0 Å². The number of amides is 2. The summed E-state index contributed by atoms with van der Waals surface area (Å²) in [5, 5.41) is 2.90. The van der Waals surface area contributed by atoms with E-state index in [1.165, 1.54) is 18.5 Å². The molecule has 8 nitrogen and oxygen atoms in total. The molecule has 3 aromatic rings. The van der Waals surface area contributed by atoms with Crippen LogP contribution in [0.4, 0.5) is 20.7 Å². The Morgan fingerprint density at radius 1 is 0.969 bits per heavy atom. The Morgan fingerprint density at radius 3 is 2.41 bits per heavy atom. The lowest BCUT2D eigenvalue weighted by molar-refractivity contribution is 0.208. The molecular weight excluding hydrogens is 413 g/mol. The largest absolute Gasteiger partial charge is 0.497 e. The molecule has 1 aliphatic heterocycles. The summed E-state index contributed by atoms with van der Waals surface area (Å²) in [6, 6.07) is 13.1. The summed E-state index contributed by atoms with van der Waals surface area (Å²) >= 11 is 0. The number of ether oxygens (including phenoxy) is 2. The lowest BCUT2D eigenvalue weighted by Gasteiger charge is -2.35. The average molecular weight is 437 g/mol. The molecule has 0 atom stereocenters. The first kappa shape index (κ1) is 21.4. The van der Waals surface area contributed by atoms with Crippen LogP contribution in [-0.4, -0.2) is 61.3 Å². The van der Waals surface area contributed by atoms with E-state index in [1.807, 2.05) is 6.07 Å². The van der Waals surface area contributed by atoms with Crippen molar-refractivity contribution in [2.45, 2.75) is 0 Å². The number of rotatable bonds is 5. The molecule has 32 heavy (non-hydrogen) atoms. The highest BCUT2D eigenvalue weighted by molar-refractivity contribution is 5.91. The van der Waals surface area contributed by atoms with Crippen LogP contribution in [0.25, 0.3) is 11.3 Å². The molecule has 0 spiro atoms. The summed E-state index contributed by atoms with van der Waals surface area (Å²) in [5.41, 5.74) is 2.10. The number of benzene rings is 2. The van der Waals surface area contributed by atoms with Crippen molar-refractivity contribution in [2.75, 3.05) is 50.6 Å². The van der Waals surface area contributed by atoms with Gasteiger partial charge in [-0.3, -0.25) is 0 Å². The lowest BCUT2D eigenvalue weighted by atomic mass is 10.1. The lowest BCUT2D eigenvalue weighted by Crippen LogP contribution is -2.50. The van der Waals surface area contributed by atoms with Gasteiger partial charge in [0.05, 0.1) is 25.6 Å². The van der Waals surface area contributed by atoms with Gasteiger partial charge in [-0.05, 0) is 36.4 Å². The van der Waals surface area contributed by atoms with Crippen molar-refractivity contribution in [3.05, 3.63) is 60.7 Å². The number of carbonyl (C=O) groups is 1. The number of piperazine rings is 1. The van der Waals surface area contributed by atoms with Gasteiger partial charge >= 0.3 is 6.03 Å². The van der Waals surface area contributed by atoms with Crippen LogP contribution in [0.2, 0.25) is 0 Å². The smallest absolute Gasteiger partial charge is 0.322 e. The summed E-state index contributed by atoms with van der Waals surface area (Å²) in [4.78, 5) is 25.3. The van der Waals surface area contributed by atoms with E-state index in [-0.39, 0.29) is 11.8 Å². The van der Waals surface area contributed by atoms with E-state index in [0.717, 1.165) is 17.1 Å². The minimum absolute atomic E-state index is 0.203. The zero-order valence-corrected chi connectivity index (χ0v) is 17.9. The van der Waals surface area contributed by atoms with Gasteiger partial charge in [0, 0.05) is 43.9 Å². The summed E-state index contributed by atoms with van der Waals surface area (Å²) in [7, 11) is 3.12. The molecule has 9 heteroatoms. The summed E-state index contributed by atoms with van der Waals surface area (Å²) < 4.78 is 23.8. The van der Waals surface area contributed by atoms with Gasteiger partial charge in [0.2, 0.25) is 0 Å². The second-order valence-corrected chi connectivity index (χ2v) is 7.24. The third kappa shape index (κ3) is 4.72. The van der Waals surface area contributed by atoms with Gasteiger partial charge < -0.3 is 24.6 Å². The number of anilines is 2. The van der Waals surface area contributed by atoms with E-state index >= 15 is 0 Å². The molecule has 1 N–H and O–H groups in total. The zero-order valence-electron chi connectivity index (χ0n) is 17.9. The fraction of sp³-hybridized carbons (Fsp3) is 0.261. The second kappa shape index (κ2) is 9.51. The summed E-state index contributed by atoms with van der Waals surface area (Å²) in [6.45, 7) is 2.33. The van der Waals surface area contributed by atoms with Crippen LogP contribution >= 0.6 is 0 Å². The minimum atomic E-state index is -0.288. The maximum atomic E-state index is 13.2. The number of hydrogen-bond acceptors (Lipinski definition) is 6. The highest BCUT2D eigenvalue weighted by Gasteiger charge is 2.23. The monoisotopic (exact) mass is 437 g/mol. The molecule has 1 aromatic heterocycles. The van der Waals surface area contributed by atoms with Crippen molar-refractivity contribution < 1.29 is 18.7 Å². The van der Waals surface area contributed by atoms with Crippen molar-refractivity contribution in [3.63, 3.8) is 0 Å². The van der Waals surface area contributed by atoms with Crippen LogP contribution in [0.1, 0.15) is 0 Å². The predicted octanol–water partition coefficient (Wildman–Crippen LogP) is 3.65. The van der Waals surface area contributed by atoms with Crippen molar-refractivity contribution in [1.82, 2.24) is 14.9 Å². The Bertz CT molecular complexity index is 1090. The fourth-order valence-electron chi connectivity index (χ4n) is 3.54. The second-order valence-electron chi connectivity index (χ2n) is 7.24. The van der Waals surface area contributed by atoms with E-state index in [9.17, 15) is 9.18 Å². The van der Waals surface area contributed by atoms with Crippen molar-refractivity contribution >= 4 is 17.5 Å². The molecule has 1 saturated heterocycles. The highest BCUT2D eigenvalue weighted by Crippen LogP contribution is 2.29. The molecule has 2 heterocycles. The van der Waals surface area contributed by atoms with E-state index in [2.05, 4.69) is 20.2 Å². The molecule has 0 saturated carbocycles. The van der Waals surface area contributed by atoms with Gasteiger partial charge in [-0.25, -0.2) is 19.2 Å². The van der Waals surface area contributed by atoms with E-state index in [0.29, 0.717) is 43.4 Å². The molecule has 0 aliphatic carbocycles. The fourth-order valence-corrected chi connectivity index (χ4v) is 3.54. The molecule has 2 amide bonds. The Labute approximate surface area is 185 Å². The van der Waals surface area contributed by atoms with Crippen molar-refractivity contribution in [2.24, 2.45) is 0 Å². The molecule has 1 aliphatic rings. The number of hydrogen-bond donors (Lipinski definition) is 1. The first-order valence-corrected chi connectivity index (χ1v) is 10.2. The van der Waals surface area contributed by atoms with Crippen LogP contribution in [0.15, 0.2) is 54.9 Å². The molecule has 0 unspecified atom stereocenters. The molecule has 4 rings (SSSR count). The average Bonchev–Trinajstić information content (AvgIpc) is 2.84. The van der Waals surface area contributed by atoms with Gasteiger partial charge in [0.25, 0.3) is 0 Å². The number of nitrogens with one attached hydrogen (secondary N) is 1. The number of aromatic nitrogens is 2. The summed E-state index contributed by atoms with van der Waals surface area (Å²) in [6.07, 6.45) is 1.50. The Morgan fingerprint density at radius 2 is 1.72 bits per heavy atom. The van der Waals surface area contributed by atoms with Crippen LogP contribution in [0.5, 0.6) is 11.5 Å². The van der Waals surface area contributed by atoms with Gasteiger partial charge in [-0.15, -0.1) is 0 Å². The molecule has 2 aromatic carbocycles. The molecule has 1 fully saturated rings. The van der Waals surface area contributed by atoms with Gasteiger partial charge in [0.1, 0.15) is 29.5 Å². The van der Waals surface area contributed by atoms with Crippen molar-refractivity contribution in [3.8, 4) is 22.8 Å². The number of halogens is 1. The van der Waals surface area contributed by atoms with Crippen LogP contribution in [0.3, 0.4) is 0 Å². The quantitative estimate of drug-likeness (QED) is 0.656. The van der Waals surface area contributed by atoms with Crippen LogP contribution in [0, 0.1) is 5.82 Å². The van der Waals surface area contributed by atoms with Crippen LogP contribution < -0.4 is 19.7 Å². The normalized spacial score (nSPS) is 13.6. The summed E-state index contributed by atoms with van der Waals surface area (Å²) in [5.74, 6) is 1.68. The number of carbonyl (C=O) groups excluding carboxylic acids is 1. The first-order valence-electron chi connectivity index (χ1n) is 10.2. The first-order chi connectivity index (χ1) is 15.6. The minimum Gasteiger partial charge on any atom is -0.497 e. The van der Waals surface area contributed by atoms with Gasteiger partial charge in [0.15, 0.2) is 0 Å².